The fourth-order valence-corrected chi connectivity index (χ4v) is 3.08. The van der Waals surface area contributed by atoms with E-state index in [0.717, 1.165) is 18.7 Å². The minimum absolute atomic E-state index is 0.152. The minimum atomic E-state index is 0.152. The number of unbranched alkanes of at least 4 members (excludes halogenated alkanes) is 1. The number of hydrogen-bond donors (Lipinski definition) is 1. The number of methoxy groups -OCH3 is 1. The van der Waals surface area contributed by atoms with E-state index in [0.29, 0.717) is 6.04 Å². The topological polar surface area (TPSA) is 38.5 Å². The lowest BCUT2D eigenvalue weighted by Crippen LogP contribution is -2.42. The Labute approximate surface area is 129 Å². The van der Waals surface area contributed by atoms with Gasteiger partial charge >= 0.3 is 0 Å². The van der Waals surface area contributed by atoms with E-state index >= 15 is 0 Å². The fourth-order valence-electron chi connectivity index (χ4n) is 3.08. The molecule has 0 amide bonds. The Morgan fingerprint density at radius 1 is 1.29 bits per heavy atom. The SMILES string of the molecule is CCCCN(C1CC1)C(c1ccccc1OC)C(N)CC. The monoisotopic (exact) mass is 290 g/mol. The molecule has 118 valence electrons. The molecule has 3 heteroatoms. The third-order valence-electron chi connectivity index (χ3n) is 4.48. The number of ether oxygens (including phenoxy) is 1. The normalized spacial score (nSPS) is 17.8. The summed E-state index contributed by atoms with van der Waals surface area (Å²) in [6.45, 7) is 5.57. The maximum absolute atomic E-state index is 6.51. The Balaban J connectivity index is 2.31. The van der Waals surface area contributed by atoms with Gasteiger partial charge in [0.05, 0.1) is 13.2 Å². The summed E-state index contributed by atoms with van der Waals surface area (Å²) in [5.41, 5.74) is 7.76. The maximum Gasteiger partial charge on any atom is 0.123 e. The van der Waals surface area contributed by atoms with Gasteiger partial charge in [-0.1, -0.05) is 38.5 Å². The van der Waals surface area contributed by atoms with Crippen LogP contribution in [0.1, 0.15) is 57.6 Å². The Morgan fingerprint density at radius 2 is 2.00 bits per heavy atom. The van der Waals surface area contributed by atoms with Gasteiger partial charge in [0.2, 0.25) is 0 Å². The van der Waals surface area contributed by atoms with E-state index in [4.69, 9.17) is 10.5 Å². The molecule has 0 spiro atoms. The number of benzene rings is 1. The van der Waals surface area contributed by atoms with E-state index < -0.39 is 0 Å². The number of nitrogens with two attached hydrogens (primary N) is 1. The van der Waals surface area contributed by atoms with Crippen molar-refractivity contribution < 1.29 is 4.74 Å². The highest BCUT2D eigenvalue weighted by Crippen LogP contribution is 2.39. The lowest BCUT2D eigenvalue weighted by Gasteiger charge is -2.36. The van der Waals surface area contributed by atoms with E-state index in [-0.39, 0.29) is 12.1 Å². The number of para-hydroxylation sites is 1. The second-order valence-corrected chi connectivity index (χ2v) is 6.08. The molecule has 2 rings (SSSR count). The molecule has 0 heterocycles. The first-order valence-corrected chi connectivity index (χ1v) is 8.37. The smallest absolute Gasteiger partial charge is 0.123 e. The molecule has 2 N–H and O–H groups in total. The zero-order valence-electron chi connectivity index (χ0n) is 13.7. The zero-order chi connectivity index (χ0) is 15.2. The first-order chi connectivity index (χ1) is 10.2. The lowest BCUT2D eigenvalue weighted by atomic mass is 9.94. The van der Waals surface area contributed by atoms with Gasteiger partial charge in [0.15, 0.2) is 0 Å². The zero-order valence-corrected chi connectivity index (χ0v) is 13.7. The van der Waals surface area contributed by atoms with Crippen molar-refractivity contribution in [2.24, 2.45) is 5.73 Å². The molecular weight excluding hydrogens is 260 g/mol. The van der Waals surface area contributed by atoms with Gasteiger partial charge in [-0.3, -0.25) is 4.90 Å². The van der Waals surface area contributed by atoms with E-state index in [1.165, 1.54) is 31.2 Å². The molecule has 21 heavy (non-hydrogen) atoms. The molecule has 2 atom stereocenters. The van der Waals surface area contributed by atoms with Crippen molar-refractivity contribution in [2.75, 3.05) is 13.7 Å². The van der Waals surface area contributed by atoms with Gasteiger partial charge in [-0.25, -0.2) is 0 Å². The molecule has 1 aliphatic carbocycles. The van der Waals surface area contributed by atoms with Gasteiger partial charge in [0.1, 0.15) is 5.75 Å². The molecule has 2 unspecified atom stereocenters. The van der Waals surface area contributed by atoms with Crippen LogP contribution in [0, 0.1) is 0 Å². The average molecular weight is 290 g/mol. The van der Waals surface area contributed by atoms with Crippen molar-refractivity contribution in [3.63, 3.8) is 0 Å². The van der Waals surface area contributed by atoms with Gasteiger partial charge < -0.3 is 10.5 Å². The molecule has 1 aliphatic rings. The third-order valence-corrected chi connectivity index (χ3v) is 4.48. The van der Waals surface area contributed by atoms with Gasteiger partial charge in [0.25, 0.3) is 0 Å². The highest BCUT2D eigenvalue weighted by atomic mass is 16.5. The molecule has 1 fully saturated rings. The number of nitrogens with zero attached hydrogens (tertiary/aromatic N) is 1. The van der Waals surface area contributed by atoms with Crippen LogP contribution in [-0.4, -0.2) is 30.6 Å². The minimum Gasteiger partial charge on any atom is -0.496 e. The molecule has 0 bridgehead atoms. The van der Waals surface area contributed by atoms with E-state index in [2.05, 4.69) is 36.9 Å². The predicted molar refractivity (Wildman–Crippen MR) is 88.6 cm³/mol. The Kier molecular flexibility index (Phi) is 6.07. The van der Waals surface area contributed by atoms with Crippen LogP contribution in [0.25, 0.3) is 0 Å². The highest BCUT2D eigenvalue weighted by Gasteiger charge is 2.37. The second-order valence-electron chi connectivity index (χ2n) is 6.08. The summed E-state index contributed by atoms with van der Waals surface area (Å²) in [5.74, 6) is 0.966. The molecular formula is C18H30N2O. The molecule has 0 saturated heterocycles. The molecule has 3 nitrogen and oxygen atoms in total. The summed E-state index contributed by atoms with van der Waals surface area (Å²) in [6.07, 6.45) is 6.07. The van der Waals surface area contributed by atoms with Crippen molar-refractivity contribution in [3.8, 4) is 5.75 Å². The van der Waals surface area contributed by atoms with Crippen LogP contribution in [0.3, 0.4) is 0 Å². The van der Waals surface area contributed by atoms with Crippen LogP contribution >= 0.6 is 0 Å². The third kappa shape index (κ3) is 3.98. The van der Waals surface area contributed by atoms with Gasteiger partial charge in [-0.05, 0) is 38.3 Å². The fraction of sp³-hybridized carbons (Fsp3) is 0.667. The second kappa shape index (κ2) is 7.81. The summed E-state index contributed by atoms with van der Waals surface area (Å²) in [5, 5.41) is 0. The number of hydrogen-bond acceptors (Lipinski definition) is 3. The van der Waals surface area contributed by atoms with Crippen molar-refractivity contribution in [2.45, 2.75) is 64.1 Å². The van der Waals surface area contributed by atoms with E-state index in [9.17, 15) is 0 Å². The van der Waals surface area contributed by atoms with Crippen molar-refractivity contribution in [1.29, 1.82) is 0 Å². The van der Waals surface area contributed by atoms with Gasteiger partial charge in [-0.2, -0.15) is 0 Å². The van der Waals surface area contributed by atoms with Crippen LogP contribution in [0.5, 0.6) is 5.75 Å². The summed E-state index contributed by atoms with van der Waals surface area (Å²) < 4.78 is 5.59. The summed E-state index contributed by atoms with van der Waals surface area (Å²) >= 11 is 0. The molecule has 1 aromatic rings. The van der Waals surface area contributed by atoms with E-state index in [1.807, 2.05) is 6.07 Å². The first-order valence-electron chi connectivity index (χ1n) is 8.37. The first kappa shape index (κ1) is 16.3. The highest BCUT2D eigenvalue weighted by molar-refractivity contribution is 5.37. The average Bonchev–Trinajstić information content (AvgIpc) is 3.35. The predicted octanol–water partition coefficient (Wildman–Crippen LogP) is 3.74. The lowest BCUT2D eigenvalue weighted by molar-refractivity contribution is 0.154. The molecule has 1 saturated carbocycles. The molecule has 1 aromatic carbocycles. The molecule has 0 aliphatic heterocycles. The summed E-state index contributed by atoms with van der Waals surface area (Å²) in [6, 6.07) is 9.49. The van der Waals surface area contributed by atoms with Crippen LogP contribution in [0.2, 0.25) is 0 Å². The van der Waals surface area contributed by atoms with Crippen LogP contribution in [-0.2, 0) is 0 Å². The Hall–Kier alpha value is -1.06. The van der Waals surface area contributed by atoms with Crippen molar-refractivity contribution in [1.82, 2.24) is 4.90 Å². The number of rotatable bonds is 9. The summed E-state index contributed by atoms with van der Waals surface area (Å²) in [7, 11) is 1.75. The van der Waals surface area contributed by atoms with Crippen LogP contribution in [0.4, 0.5) is 0 Å². The van der Waals surface area contributed by atoms with E-state index in [1.54, 1.807) is 7.11 Å². The summed E-state index contributed by atoms with van der Waals surface area (Å²) in [4.78, 5) is 2.63. The van der Waals surface area contributed by atoms with Crippen molar-refractivity contribution >= 4 is 0 Å². The van der Waals surface area contributed by atoms with Crippen LogP contribution < -0.4 is 10.5 Å². The molecule has 0 radical (unpaired) electrons. The largest absolute Gasteiger partial charge is 0.496 e. The quantitative estimate of drug-likeness (QED) is 0.753. The maximum atomic E-state index is 6.51. The standard InChI is InChI=1S/C18H30N2O/c1-4-6-13-20(14-11-12-14)18(16(19)5-2)15-9-7-8-10-17(15)21-3/h7-10,14,16,18H,4-6,11-13,19H2,1-3H3. The van der Waals surface area contributed by atoms with Crippen molar-refractivity contribution in [3.05, 3.63) is 29.8 Å². The Bertz CT molecular complexity index is 431. The van der Waals surface area contributed by atoms with Crippen LogP contribution in [0.15, 0.2) is 24.3 Å². The van der Waals surface area contributed by atoms with Gasteiger partial charge in [-0.15, -0.1) is 0 Å². The molecule has 0 aromatic heterocycles. The Morgan fingerprint density at radius 3 is 2.57 bits per heavy atom. The van der Waals surface area contributed by atoms with Gasteiger partial charge in [0, 0.05) is 17.6 Å².